The van der Waals surface area contributed by atoms with Gasteiger partial charge in [0.2, 0.25) is 5.91 Å². The van der Waals surface area contributed by atoms with Crippen LogP contribution < -0.4 is 19.5 Å². The van der Waals surface area contributed by atoms with E-state index in [4.69, 9.17) is 50.0 Å². The van der Waals surface area contributed by atoms with E-state index in [9.17, 15) is 13.2 Å². The SMILES string of the molecule is COc1ccc(S(=O)(=O)N(CC(N)=O)c2ccc(Cl)cc2Cc2c(Cl)cccc2Cl)cc1OC. The molecule has 0 unspecified atom stereocenters. The van der Waals surface area contributed by atoms with E-state index in [-0.39, 0.29) is 22.8 Å². The molecule has 2 N–H and O–H groups in total. The first-order valence-corrected chi connectivity index (χ1v) is 12.4. The molecule has 0 fully saturated rings. The van der Waals surface area contributed by atoms with E-state index in [1.54, 1.807) is 24.3 Å². The number of benzene rings is 3. The second-order valence-corrected chi connectivity index (χ2v) is 10.3. The summed E-state index contributed by atoms with van der Waals surface area (Å²) in [5.74, 6) is -0.286. The Morgan fingerprint density at radius 2 is 1.59 bits per heavy atom. The fourth-order valence-corrected chi connectivity index (χ4v) is 5.59. The summed E-state index contributed by atoms with van der Waals surface area (Å²) in [4.78, 5) is 11.8. The standard InChI is InChI=1S/C23H21Cl3N2O5S/c1-32-21-9-7-16(12-22(21)33-2)34(30,31)28(13-23(27)29)20-8-6-15(24)10-14(20)11-17-18(25)4-3-5-19(17)26/h3-10,12H,11,13H2,1-2H3,(H2,27,29). The van der Waals surface area contributed by atoms with Crippen LogP contribution in [-0.4, -0.2) is 35.1 Å². The van der Waals surface area contributed by atoms with Gasteiger partial charge in [0.15, 0.2) is 11.5 Å². The van der Waals surface area contributed by atoms with Crippen LogP contribution in [0.4, 0.5) is 5.69 Å². The number of rotatable bonds is 9. The minimum Gasteiger partial charge on any atom is -0.493 e. The molecule has 3 aromatic carbocycles. The van der Waals surface area contributed by atoms with Crippen LogP contribution >= 0.6 is 34.8 Å². The van der Waals surface area contributed by atoms with Crippen LogP contribution in [0.2, 0.25) is 15.1 Å². The molecular formula is C23H21Cl3N2O5S. The minimum absolute atomic E-state index is 0.122. The number of carbonyl (C=O) groups excluding carboxylic acids is 1. The Kier molecular flexibility index (Phi) is 8.20. The van der Waals surface area contributed by atoms with Gasteiger partial charge in [-0.2, -0.15) is 0 Å². The molecule has 7 nitrogen and oxygen atoms in total. The van der Waals surface area contributed by atoms with Crippen molar-refractivity contribution >= 4 is 56.4 Å². The van der Waals surface area contributed by atoms with Crippen molar-refractivity contribution < 1.29 is 22.7 Å². The number of carbonyl (C=O) groups is 1. The van der Waals surface area contributed by atoms with E-state index in [1.165, 1.54) is 44.6 Å². The summed E-state index contributed by atoms with van der Waals surface area (Å²) < 4.78 is 38.7. The minimum atomic E-state index is -4.27. The Balaban J connectivity index is 2.18. The zero-order valence-corrected chi connectivity index (χ0v) is 21.3. The summed E-state index contributed by atoms with van der Waals surface area (Å²) in [6.45, 7) is -0.610. The molecule has 3 aromatic rings. The van der Waals surface area contributed by atoms with Gasteiger partial charge < -0.3 is 15.2 Å². The smallest absolute Gasteiger partial charge is 0.264 e. The third-order valence-electron chi connectivity index (χ3n) is 4.98. The number of ether oxygens (including phenoxy) is 2. The van der Waals surface area contributed by atoms with Crippen LogP contribution in [0.5, 0.6) is 11.5 Å². The number of halogens is 3. The van der Waals surface area contributed by atoms with Crippen molar-refractivity contribution in [2.24, 2.45) is 5.73 Å². The van der Waals surface area contributed by atoms with E-state index in [1.807, 2.05) is 0 Å². The van der Waals surface area contributed by atoms with E-state index in [0.717, 1.165) is 4.31 Å². The van der Waals surface area contributed by atoms with E-state index in [2.05, 4.69) is 0 Å². The number of hydrogen-bond donors (Lipinski definition) is 1. The van der Waals surface area contributed by atoms with Crippen LogP contribution in [0, 0.1) is 0 Å². The second kappa shape index (κ2) is 10.7. The Morgan fingerprint density at radius 1 is 0.941 bits per heavy atom. The number of methoxy groups -OCH3 is 2. The number of amides is 1. The molecule has 11 heteroatoms. The van der Waals surface area contributed by atoms with Crippen molar-refractivity contribution in [2.75, 3.05) is 25.1 Å². The molecule has 0 aromatic heterocycles. The summed E-state index contributed by atoms with van der Waals surface area (Å²) in [5, 5.41) is 1.18. The van der Waals surface area contributed by atoms with Crippen LogP contribution in [0.1, 0.15) is 11.1 Å². The van der Waals surface area contributed by atoms with Gasteiger partial charge in [-0.25, -0.2) is 8.42 Å². The quantitative estimate of drug-likeness (QED) is 0.412. The lowest BCUT2D eigenvalue weighted by atomic mass is 10.0. The summed E-state index contributed by atoms with van der Waals surface area (Å²) >= 11 is 18.9. The summed E-state index contributed by atoms with van der Waals surface area (Å²) in [5.41, 5.74) is 6.69. The normalized spacial score (nSPS) is 11.2. The zero-order valence-electron chi connectivity index (χ0n) is 18.2. The number of nitrogens with zero attached hydrogens (tertiary/aromatic N) is 1. The molecular weight excluding hydrogens is 523 g/mol. The maximum atomic E-state index is 13.7. The predicted octanol–water partition coefficient (Wildman–Crippen LogP) is 4.94. The number of nitrogens with two attached hydrogens (primary N) is 1. The van der Waals surface area contributed by atoms with Crippen molar-refractivity contribution in [3.63, 3.8) is 0 Å². The molecule has 0 aliphatic heterocycles. The van der Waals surface area contributed by atoms with E-state index < -0.39 is 22.5 Å². The fraction of sp³-hybridized carbons (Fsp3) is 0.174. The molecule has 3 rings (SSSR count). The summed E-state index contributed by atoms with van der Waals surface area (Å²) in [7, 11) is -1.44. The maximum Gasteiger partial charge on any atom is 0.264 e. The molecule has 0 saturated carbocycles. The van der Waals surface area contributed by atoms with Gasteiger partial charge in [-0.1, -0.05) is 40.9 Å². The molecule has 0 heterocycles. The number of anilines is 1. The van der Waals surface area contributed by atoms with E-state index in [0.29, 0.717) is 31.9 Å². The zero-order chi connectivity index (χ0) is 25.0. The van der Waals surface area contributed by atoms with Gasteiger partial charge in [-0.15, -0.1) is 0 Å². The molecule has 0 aliphatic rings. The van der Waals surface area contributed by atoms with Gasteiger partial charge >= 0.3 is 0 Å². The Morgan fingerprint density at radius 3 is 2.18 bits per heavy atom. The molecule has 0 radical (unpaired) electrons. The first kappa shape index (κ1) is 26.0. The average molecular weight is 544 g/mol. The molecule has 0 spiro atoms. The molecule has 0 aliphatic carbocycles. The lowest BCUT2D eigenvalue weighted by Gasteiger charge is -2.26. The van der Waals surface area contributed by atoms with Gasteiger partial charge in [0.05, 0.1) is 24.8 Å². The highest BCUT2D eigenvalue weighted by Gasteiger charge is 2.29. The van der Waals surface area contributed by atoms with Crippen molar-refractivity contribution in [1.29, 1.82) is 0 Å². The molecule has 0 bridgehead atoms. The number of primary amides is 1. The van der Waals surface area contributed by atoms with Gasteiger partial charge in [0, 0.05) is 27.6 Å². The first-order chi connectivity index (χ1) is 16.1. The first-order valence-electron chi connectivity index (χ1n) is 9.83. The van der Waals surface area contributed by atoms with Crippen LogP contribution in [-0.2, 0) is 21.2 Å². The largest absolute Gasteiger partial charge is 0.493 e. The van der Waals surface area contributed by atoms with E-state index >= 15 is 0 Å². The van der Waals surface area contributed by atoms with Gasteiger partial charge in [0.25, 0.3) is 10.0 Å². The Labute approximate surface area is 213 Å². The van der Waals surface area contributed by atoms with Crippen molar-refractivity contribution in [3.8, 4) is 11.5 Å². The monoisotopic (exact) mass is 542 g/mol. The predicted molar refractivity (Wildman–Crippen MR) is 134 cm³/mol. The van der Waals surface area contributed by atoms with Crippen LogP contribution in [0.15, 0.2) is 59.5 Å². The highest BCUT2D eigenvalue weighted by atomic mass is 35.5. The highest BCUT2D eigenvalue weighted by molar-refractivity contribution is 7.92. The molecule has 0 saturated heterocycles. The number of hydrogen-bond acceptors (Lipinski definition) is 5. The van der Waals surface area contributed by atoms with Crippen molar-refractivity contribution in [1.82, 2.24) is 0 Å². The summed E-state index contributed by atoms with van der Waals surface area (Å²) in [6.07, 6.45) is 0.158. The summed E-state index contributed by atoms with van der Waals surface area (Å²) in [6, 6.07) is 13.8. The van der Waals surface area contributed by atoms with Crippen molar-refractivity contribution in [2.45, 2.75) is 11.3 Å². The molecule has 1 amide bonds. The third-order valence-corrected chi connectivity index (χ3v) is 7.68. The van der Waals surface area contributed by atoms with Crippen LogP contribution in [0.25, 0.3) is 0 Å². The molecule has 180 valence electrons. The van der Waals surface area contributed by atoms with Crippen LogP contribution in [0.3, 0.4) is 0 Å². The third kappa shape index (κ3) is 5.52. The molecule has 34 heavy (non-hydrogen) atoms. The topological polar surface area (TPSA) is 98.9 Å². The fourth-order valence-electron chi connectivity index (χ4n) is 3.38. The lowest BCUT2D eigenvalue weighted by Crippen LogP contribution is -2.39. The number of sulfonamides is 1. The second-order valence-electron chi connectivity index (χ2n) is 7.14. The average Bonchev–Trinajstić information content (AvgIpc) is 2.79. The maximum absolute atomic E-state index is 13.7. The van der Waals surface area contributed by atoms with Gasteiger partial charge in [0.1, 0.15) is 6.54 Å². The Bertz CT molecular complexity index is 1310. The Hall–Kier alpha value is -2.65. The lowest BCUT2D eigenvalue weighted by molar-refractivity contribution is -0.116. The van der Waals surface area contributed by atoms with Gasteiger partial charge in [-0.05, 0) is 53.6 Å². The van der Waals surface area contributed by atoms with Crippen molar-refractivity contribution in [3.05, 3.63) is 80.8 Å². The van der Waals surface area contributed by atoms with Gasteiger partial charge in [-0.3, -0.25) is 9.10 Å². The highest BCUT2D eigenvalue weighted by Crippen LogP contribution is 2.36. The molecule has 0 atom stereocenters.